The van der Waals surface area contributed by atoms with Crippen LogP contribution >= 0.6 is 11.1 Å². The fourth-order valence-electron chi connectivity index (χ4n) is 2.82. The Labute approximate surface area is 143 Å². The summed E-state index contributed by atoms with van der Waals surface area (Å²) in [5.41, 5.74) is 1.18. The third-order valence-electron chi connectivity index (χ3n) is 4.12. The van der Waals surface area contributed by atoms with Crippen LogP contribution in [0.25, 0.3) is 0 Å². The lowest BCUT2D eigenvalue weighted by Crippen LogP contribution is -2.62. The van der Waals surface area contributed by atoms with Crippen LogP contribution in [0.1, 0.15) is 0 Å². The van der Waals surface area contributed by atoms with Crippen LogP contribution in [0, 0.1) is 0 Å². The topological polar surface area (TPSA) is 3.24 Å². The largest absolute Gasteiger partial charge is 0.378 e. The molecule has 1 nitrogen and oxygen atoms in total. The Morgan fingerprint density at radius 1 is 0.609 bits per heavy atom. The molecular formula is C20H20ClNSi. The van der Waals surface area contributed by atoms with E-state index in [-0.39, 0.29) is 0 Å². The molecule has 116 valence electrons. The maximum Gasteiger partial charge on any atom is 0.247 e. The second kappa shape index (κ2) is 6.61. The summed E-state index contributed by atoms with van der Waals surface area (Å²) in [6, 6.07) is 29.6. The Hall–Kier alpha value is -2.03. The quantitative estimate of drug-likeness (QED) is 0.402. The van der Waals surface area contributed by atoms with Crippen molar-refractivity contribution in [3.05, 3.63) is 84.9 Å². The summed E-state index contributed by atoms with van der Waals surface area (Å²) in [5, 5.41) is 3.64. The number of nitrogens with zero attached hydrogens (tertiary/aromatic N) is 1. The van der Waals surface area contributed by atoms with Gasteiger partial charge in [0.25, 0.3) is 0 Å². The molecule has 0 spiro atoms. The maximum atomic E-state index is 7.37. The van der Waals surface area contributed by atoms with Gasteiger partial charge in [-0.15, -0.1) is 11.1 Å². The molecule has 0 atom stereocenters. The molecule has 0 aromatic heterocycles. The first-order chi connectivity index (χ1) is 11.1. The van der Waals surface area contributed by atoms with Gasteiger partial charge in [0.1, 0.15) is 0 Å². The molecular weight excluding hydrogens is 318 g/mol. The van der Waals surface area contributed by atoms with Crippen molar-refractivity contribution < 1.29 is 0 Å². The molecule has 0 bridgehead atoms. The van der Waals surface area contributed by atoms with Gasteiger partial charge in [0.05, 0.1) is 0 Å². The first kappa shape index (κ1) is 15.8. The fraction of sp³-hybridized carbons (Fsp3) is 0.100. The molecule has 3 heteroatoms. The highest BCUT2D eigenvalue weighted by Crippen LogP contribution is 2.15. The van der Waals surface area contributed by atoms with Gasteiger partial charge in [0.15, 0.2) is 0 Å². The molecule has 0 radical (unpaired) electrons. The van der Waals surface area contributed by atoms with Gasteiger partial charge in [0.2, 0.25) is 7.38 Å². The van der Waals surface area contributed by atoms with Crippen molar-refractivity contribution in [3.63, 3.8) is 0 Å². The Morgan fingerprint density at radius 2 is 1.00 bits per heavy atom. The van der Waals surface area contributed by atoms with Crippen molar-refractivity contribution in [3.8, 4) is 0 Å². The van der Waals surface area contributed by atoms with Crippen molar-refractivity contribution in [1.82, 2.24) is 0 Å². The van der Waals surface area contributed by atoms with Gasteiger partial charge in [-0.25, -0.2) is 0 Å². The first-order valence-electron chi connectivity index (χ1n) is 7.70. The van der Waals surface area contributed by atoms with Crippen LogP contribution < -0.4 is 20.5 Å². The molecule has 3 rings (SSSR count). The average Bonchev–Trinajstić information content (AvgIpc) is 2.62. The summed E-state index contributed by atoms with van der Waals surface area (Å²) >= 11 is 7.37. The van der Waals surface area contributed by atoms with Crippen molar-refractivity contribution in [2.24, 2.45) is 0 Å². The van der Waals surface area contributed by atoms with Crippen molar-refractivity contribution in [2.75, 3.05) is 19.0 Å². The SMILES string of the molecule is CN(C)c1ccc([Si](Cl)(c2ccccc2)c2ccccc2)cc1. The Bertz CT molecular complexity index is 715. The Balaban J connectivity index is 2.16. The van der Waals surface area contributed by atoms with Crippen molar-refractivity contribution >= 4 is 39.7 Å². The highest BCUT2D eigenvalue weighted by molar-refractivity contribution is 7.40. The van der Waals surface area contributed by atoms with Crippen LogP contribution in [0.4, 0.5) is 5.69 Å². The monoisotopic (exact) mass is 337 g/mol. The molecule has 0 fully saturated rings. The summed E-state index contributed by atoms with van der Waals surface area (Å²) in [5.74, 6) is 0. The minimum atomic E-state index is -2.48. The Kier molecular flexibility index (Phi) is 4.55. The number of rotatable bonds is 4. The molecule has 3 aromatic carbocycles. The van der Waals surface area contributed by atoms with E-state index in [1.54, 1.807) is 0 Å². The van der Waals surface area contributed by atoms with Gasteiger partial charge >= 0.3 is 0 Å². The molecule has 0 heterocycles. The summed E-state index contributed by atoms with van der Waals surface area (Å²) in [6.45, 7) is 0. The minimum absolute atomic E-state index is 1.18. The zero-order valence-electron chi connectivity index (χ0n) is 13.4. The number of benzene rings is 3. The van der Waals surface area contributed by atoms with Crippen LogP contribution in [-0.2, 0) is 0 Å². The van der Waals surface area contributed by atoms with E-state index in [0.29, 0.717) is 0 Å². The van der Waals surface area contributed by atoms with Gasteiger partial charge in [-0.3, -0.25) is 0 Å². The van der Waals surface area contributed by atoms with E-state index < -0.39 is 7.38 Å². The van der Waals surface area contributed by atoms with Crippen LogP contribution in [-0.4, -0.2) is 21.5 Å². The lowest BCUT2D eigenvalue weighted by atomic mass is 10.3. The third kappa shape index (κ3) is 3.05. The van der Waals surface area contributed by atoms with Gasteiger partial charge in [-0.2, -0.15) is 0 Å². The zero-order chi connectivity index (χ0) is 16.3. The number of anilines is 1. The highest BCUT2D eigenvalue weighted by atomic mass is 35.6. The van der Waals surface area contributed by atoms with Gasteiger partial charge in [-0.05, 0) is 27.7 Å². The zero-order valence-corrected chi connectivity index (χ0v) is 15.2. The summed E-state index contributed by atoms with van der Waals surface area (Å²) in [7, 11) is 1.62. The predicted octanol–water partition coefficient (Wildman–Crippen LogP) is 2.96. The average molecular weight is 338 g/mol. The lowest BCUT2D eigenvalue weighted by Gasteiger charge is -2.27. The summed E-state index contributed by atoms with van der Waals surface area (Å²) in [6.07, 6.45) is 0. The molecule has 3 aromatic rings. The second-order valence-electron chi connectivity index (χ2n) is 5.83. The number of halogens is 1. The molecule has 0 amide bonds. The summed E-state index contributed by atoms with van der Waals surface area (Å²) in [4.78, 5) is 2.10. The van der Waals surface area contributed by atoms with Crippen LogP contribution in [0.5, 0.6) is 0 Å². The van der Waals surface area contributed by atoms with E-state index in [9.17, 15) is 0 Å². The smallest absolute Gasteiger partial charge is 0.247 e. The highest BCUT2D eigenvalue weighted by Gasteiger charge is 2.37. The molecule has 0 saturated heterocycles. The van der Waals surface area contributed by atoms with E-state index in [1.165, 1.54) is 21.2 Å². The van der Waals surface area contributed by atoms with E-state index in [0.717, 1.165) is 0 Å². The predicted molar refractivity (Wildman–Crippen MR) is 104 cm³/mol. The molecule has 0 N–H and O–H groups in total. The minimum Gasteiger partial charge on any atom is -0.378 e. The van der Waals surface area contributed by atoms with Crippen LogP contribution in [0.2, 0.25) is 0 Å². The van der Waals surface area contributed by atoms with Gasteiger partial charge in [0, 0.05) is 19.8 Å². The van der Waals surface area contributed by atoms with Gasteiger partial charge < -0.3 is 4.90 Å². The first-order valence-corrected chi connectivity index (χ1v) is 10.7. The molecule has 0 aliphatic rings. The van der Waals surface area contributed by atoms with E-state index in [4.69, 9.17) is 11.1 Å². The lowest BCUT2D eigenvalue weighted by molar-refractivity contribution is 1.13. The van der Waals surface area contributed by atoms with Gasteiger partial charge in [-0.1, -0.05) is 72.8 Å². The van der Waals surface area contributed by atoms with Crippen LogP contribution in [0.3, 0.4) is 0 Å². The maximum absolute atomic E-state index is 7.37. The fourth-order valence-corrected chi connectivity index (χ4v) is 6.89. The van der Waals surface area contributed by atoms with E-state index in [2.05, 4.69) is 91.8 Å². The van der Waals surface area contributed by atoms with Crippen molar-refractivity contribution in [1.29, 1.82) is 0 Å². The normalized spacial score (nSPS) is 11.3. The number of hydrogen-bond donors (Lipinski definition) is 0. The van der Waals surface area contributed by atoms with E-state index in [1.807, 2.05) is 12.1 Å². The summed E-state index contributed by atoms with van der Waals surface area (Å²) < 4.78 is 0. The second-order valence-corrected chi connectivity index (χ2v) is 10.6. The molecule has 0 aliphatic carbocycles. The van der Waals surface area contributed by atoms with Crippen molar-refractivity contribution in [2.45, 2.75) is 0 Å². The number of hydrogen-bond acceptors (Lipinski definition) is 1. The molecule has 23 heavy (non-hydrogen) atoms. The molecule has 0 aliphatic heterocycles. The van der Waals surface area contributed by atoms with Crippen LogP contribution in [0.15, 0.2) is 84.9 Å². The standard InChI is InChI=1S/C20H20ClNSi/c1-22(2)17-13-15-20(16-14-17)23(21,18-9-5-3-6-10-18)19-11-7-4-8-12-19/h3-16H,1-2H3. The van der Waals surface area contributed by atoms with E-state index >= 15 is 0 Å². The molecule has 0 saturated carbocycles. The Morgan fingerprint density at radius 3 is 1.39 bits per heavy atom. The third-order valence-corrected chi connectivity index (χ3v) is 9.48. The molecule has 0 unspecified atom stereocenters.